The number of rotatable bonds is 7. The minimum Gasteiger partial charge on any atom is -0.369 e. The van der Waals surface area contributed by atoms with E-state index in [-0.39, 0.29) is 24.3 Å². The number of pyridine rings is 1. The maximum atomic E-state index is 13.2. The molecule has 0 aromatic carbocycles. The Labute approximate surface area is 164 Å². The molecule has 0 unspecified atom stereocenters. The molecule has 2 aromatic rings. The lowest BCUT2D eigenvalue weighted by Crippen LogP contribution is -2.44. The second kappa shape index (κ2) is 9.10. The highest BCUT2D eigenvalue weighted by Gasteiger charge is 2.29. The fourth-order valence-corrected chi connectivity index (χ4v) is 4.40. The van der Waals surface area contributed by atoms with Crippen LogP contribution in [0.15, 0.2) is 36.7 Å². The van der Waals surface area contributed by atoms with Gasteiger partial charge in [-0.05, 0) is 62.7 Å². The number of aromatic nitrogens is 1. The molecule has 144 valence electrons. The first-order valence-electron chi connectivity index (χ1n) is 9.25. The van der Waals surface area contributed by atoms with E-state index in [4.69, 9.17) is 5.73 Å². The van der Waals surface area contributed by atoms with Crippen LogP contribution in [-0.4, -0.2) is 46.2 Å². The van der Waals surface area contributed by atoms with Gasteiger partial charge in [0.1, 0.15) is 0 Å². The summed E-state index contributed by atoms with van der Waals surface area (Å²) in [7, 11) is 0. The minimum atomic E-state index is -0.313. The molecule has 0 spiro atoms. The van der Waals surface area contributed by atoms with Gasteiger partial charge in [0.25, 0.3) is 0 Å². The molecule has 1 aliphatic rings. The van der Waals surface area contributed by atoms with Gasteiger partial charge in [-0.3, -0.25) is 19.5 Å². The van der Waals surface area contributed by atoms with Gasteiger partial charge in [0.15, 0.2) is 0 Å². The number of carbonyl (C=O) groups is 2. The van der Waals surface area contributed by atoms with Gasteiger partial charge in [0.2, 0.25) is 11.8 Å². The molecule has 27 heavy (non-hydrogen) atoms. The normalized spacial score (nSPS) is 15.6. The number of carbonyl (C=O) groups excluding carboxylic acids is 2. The molecule has 1 fully saturated rings. The third-order valence-electron chi connectivity index (χ3n) is 4.89. The third-order valence-corrected chi connectivity index (χ3v) is 5.88. The van der Waals surface area contributed by atoms with Gasteiger partial charge in [-0.1, -0.05) is 0 Å². The zero-order valence-electron chi connectivity index (χ0n) is 15.6. The molecule has 1 aliphatic heterocycles. The second-order valence-electron chi connectivity index (χ2n) is 7.08. The highest BCUT2D eigenvalue weighted by molar-refractivity contribution is 7.11. The molecule has 6 nitrogen and oxygen atoms in total. The first-order chi connectivity index (χ1) is 13.0. The van der Waals surface area contributed by atoms with Gasteiger partial charge in [-0.2, -0.15) is 0 Å². The largest absolute Gasteiger partial charge is 0.369 e. The van der Waals surface area contributed by atoms with Crippen LogP contribution >= 0.6 is 11.3 Å². The summed E-state index contributed by atoms with van der Waals surface area (Å²) in [6.45, 7) is 5.04. The van der Waals surface area contributed by atoms with Crippen molar-refractivity contribution in [1.82, 2.24) is 14.8 Å². The van der Waals surface area contributed by atoms with E-state index in [0.29, 0.717) is 13.1 Å². The first-order valence-corrected chi connectivity index (χ1v) is 10.1. The van der Waals surface area contributed by atoms with Gasteiger partial charge < -0.3 is 10.6 Å². The van der Waals surface area contributed by atoms with Crippen molar-refractivity contribution in [3.05, 3.63) is 52.0 Å². The third kappa shape index (κ3) is 5.61. The Bertz CT molecular complexity index is 769. The number of piperidine rings is 1. The van der Waals surface area contributed by atoms with Crippen LogP contribution in [-0.2, 0) is 22.7 Å². The molecule has 0 atom stereocenters. The number of thiophene rings is 1. The lowest BCUT2D eigenvalue weighted by Gasteiger charge is -2.33. The van der Waals surface area contributed by atoms with Crippen molar-refractivity contribution in [2.24, 2.45) is 11.7 Å². The molecular weight excluding hydrogens is 360 g/mol. The number of likely N-dealkylation sites (tertiary alicyclic amines) is 1. The molecule has 7 heteroatoms. The summed E-state index contributed by atoms with van der Waals surface area (Å²) in [4.78, 5) is 34.8. The molecule has 3 rings (SSSR count). The van der Waals surface area contributed by atoms with Crippen LogP contribution in [0.2, 0.25) is 0 Å². The molecule has 0 saturated carbocycles. The molecule has 0 aliphatic carbocycles. The highest BCUT2D eigenvalue weighted by Crippen LogP contribution is 2.24. The molecule has 2 N–H and O–H groups in total. The zero-order valence-corrected chi connectivity index (χ0v) is 16.5. The van der Waals surface area contributed by atoms with Crippen molar-refractivity contribution < 1.29 is 9.59 Å². The summed E-state index contributed by atoms with van der Waals surface area (Å²) in [5.41, 5.74) is 6.36. The SMILES string of the molecule is Cc1ccc(CN(Cc2ccncc2)C(=O)C2CCN(CC(N)=O)CC2)s1. The maximum absolute atomic E-state index is 13.2. The van der Waals surface area contributed by atoms with Crippen molar-refractivity contribution in [3.8, 4) is 0 Å². The van der Waals surface area contributed by atoms with E-state index in [1.165, 1.54) is 9.75 Å². The predicted molar refractivity (Wildman–Crippen MR) is 106 cm³/mol. The Morgan fingerprint density at radius 3 is 2.48 bits per heavy atom. The van der Waals surface area contributed by atoms with Crippen LogP contribution in [0.5, 0.6) is 0 Å². The summed E-state index contributed by atoms with van der Waals surface area (Å²) in [5.74, 6) is -0.124. The van der Waals surface area contributed by atoms with Crippen molar-refractivity contribution >= 4 is 23.2 Å². The molecule has 2 aromatic heterocycles. The van der Waals surface area contributed by atoms with Gasteiger partial charge in [0.05, 0.1) is 13.1 Å². The molecule has 0 radical (unpaired) electrons. The fraction of sp³-hybridized carbons (Fsp3) is 0.450. The Morgan fingerprint density at radius 2 is 1.89 bits per heavy atom. The number of nitrogens with two attached hydrogens (primary N) is 1. The van der Waals surface area contributed by atoms with Crippen LogP contribution in [0.3, 0.4) is 0 Å². The van der Waals surface area contributed by atoms with Crippen LogP contribution in [0.25, 0.3) is 0 Å². The number of nitrogens with zero attached hydrogens (tertiary/aromatic N) is 3. The lowest BCUT2D eigenvalue weighted by molar-refractivity contribution is -0.138. The van der Waals surface area contributed by atoms with Crippen molar-refractivity contribution in [1.29, 1.82) is 0 Å². The van der Waals surface area contributed by atoms with Crippen molar-refractivity contribution in [3.63, 3.8) is 0 Å². The van der Waals surface area contributed by atoms with E-state index in [1.807, 2.05) is 21.9 Å². The zero-order chi connectivity index (χ0) is 19.2. The minimum absolute atomic E-state index is 0.00276. The summed E-state index contributed by atoms with van der Waals surface area (Å²) < 4.78 is 0. The Morgan fingerprint density at radius 1 is 1.19 bits per heavy atom. The van der Waals surface area contributed by atoms with Gasteiger partial charge in [0, 0.05) is 34.6 Å². The molecule has 3 heterocycles. The number of aryl methyl sites for hydroxylation is 1. The lowest BCUT2D eigenvalue weighted by atomic mass is 9.95. The maximum Gasteiger partial charge on any atom is 0.231 e. The average molecular weight is 387 g/mol. The summed E-state index contributed by atoms with van der Waals surface area (Å²) in [5, 5.41) is 0. The fourth-order valence-electron chi connectivity index (χ4n) is 3.50. The topological polar surface area (TPSA) is 79.5 Å². The standard InChI is InChI=1S/C20H26N4O2S/c1-15-2-3-18(27-15)13-24(12-16-4-8-22-9-5-16)20(26)17-6-10-23(11-7-17)14-19(21)25/h2-5,8-9,17H,6-7,10-14H2,1H3,(H2,21,25). The number of hydrogen-bond acceptors (Lipinski definition) is 5. The monoisotopic (exact) mass is 386 g/mol. The molecule has 2 amide bonds. The van der Waals surface area contributed by atoms with Gasteiger partial charge >= 0.3 is 0 Å². The summed E-state index contributed by atoms with van der Waals surface area (Å²) in [6, 6.07) is 8.10. The van der Waals surface area contributed by atoms with Crippen LogP contribution in [0, 0.1) is 12.8 Å². The van der Waals surface area contributed by atoms with Crippen LogP contribution in [0.1, 0.15) is 28.2 Å². The van der Waals surface area contributed by atoms with Gasteiger partial charge in [-0.25, -0.2) is 0 Å². The van der Waals surface area contributed by atoms with E-state index in [9.17, 15) is 9.59 Å². The van der Waals surface area contributed by atoms with Crippen LogP contribution in [0.4, 0.5) is 0 Å². The highest BCUT2D eigenvalue weighted by atomic mass is 32.1. The Balaban J connectivity index is 1.67. The van der Waals surface area contributed by atoms with E-state index in [1.54, 1.807) is 23.7 Å². The number of amides is 2. The number of primary amides is 1. The van der Waals surface area contributed by atoms with E-state index in [0.717, 1.165) is 31.5 Å². The van der Waals surface area contributed by atoms with Crippen molar-refractivity contribution in [2.45, 2.75) is 32.9 Å². The predicted octanol–water partition coefficient (Wildman–Crippen LogP) is 2.18. The Hall–Kier alpha value is -2.25. The number of hydrogen-bond donors (Lipinski definition) is 1. The van der Waals surface area contributed by atoms with E-state index >= 15 is 0 Å². The van der Waals surface area contributed by atoms with Crippen molar-refractivity contribution in [2.75, 3.05) is 19.6 Å². The quantitative estimate of drug-likeness (QED) is 0.791. The Kier molecular flexibility index (Phi) is 6.58. The van der Waals surface area contributed by atoms with Gasteiger partial charge in [-0.15, -0.1) is 11.3 Å². The summed E-state index contributed by atoms with van der Waals surface area (Å²) >= 11 is 1.73. The average Bonchev–Trinajstić information content (AvgIpc) is 3.06. The first kappa shape index (κ1) is 19.5. The van der Waals surface area contributed by atoms with E-state index in [2.05, 4.69) is 24.0 Å². The molecule has 0 bridgehead atoms. The van der Waals surface area contributed by atoms with Crippen LogP contribution < -0.4 is 5.73 Å². The molecule has 1 saturated heterocycles. The smallest absolute Gasteiger partial charge is 0.231 e. The van der Waals surface area contributed by atoms with E-state index < -0.39 is 0 Å². The second-order valence-corrected chi connectivity index (χ2v) is 8.45. The summed E-state index contributed by atoms with van der Waals surface area (Å²) in [6.07, 6.45) is 5.05. The molecular formula is C20H26N4O2S.